The van der Waals surface area contributed by atoms with Crippen molar-refractivity contribution < 1.29 is 23.0 Å². The highest BCUT2D eigenvalue weighted by molar-refractivity contribution is 5.90. The molecule has 0 spiro atoms. The van der Waals surface area contributed by atoms with Crippen LogP contribution in [0.25, 0.3) is 0 Å². The van der Waals surface area contributed by atoms with Crippen LogP contribution >= 0.6 is 0 Å². The number of likely N-dealkylation sites (N-methyl/N-ethyl adjacent to an activating group) is 1. The molecule has 0 aromatic heterocycles. The summed E-state index contributed by atoms with van der Waals surface area (Å²) in [6, 6.07) is 2.63. The Balaban J connectivity index is 2.24. The van der Waals surface area contributed by atoms with Crippen molar-refractivity contribution in [2.24, 2.45) is 0 Å². The lowest BCUT2D eigenvalue weighted by Crippen LogP contribution is -2.46. The molecule has 1 atom stereocenters. The summed E-state index contributed by atoms with van der Waals surface area (Å²) >= 11 is 0. The number of anilines is 1. The molecule has 0 amide bonds. The summed E-state index contributed by atoms with van der Waals surface area (Å²) in [4.78, 5) is 13.1. The second-order valence-electron chi connectivity index (χ2n) is 4.75. The standard InChI is InChI=1S/C14H18F2N2O3/c1-17-7-9-8-18(5-6-21-9)11-4-3-10(14(19)20-2)12(15)13(11)16/h3-4,9,17H,5-8H2,1-2H3. The van der Waals surface area contributed by atoms with Crippen LogP contribution in [0.2, 0.25) is 0 Å². The van der Waals surface area contributed by atoms with Crippen molar-refractivity contribution in [1.29, 1.82) is 0 Å². The molecule has 1 unspecified atom stereocenters. The summed E-state index contributed by atoms with van der Waals surface area (Å²) in [5.41, 5.74) is -0.275. The van der Waals surface area contributed by atoms with Gasteiger partial charge in [0.2, 0.25) is 0 Å². The van der Waals surface area contributed by atoms with Gasteiger partial charge in [0.05, 0.1) is 31.1 Å². The summed E-state index contributed by atoms with van der Waals surface area (Å²) in [6.45, 7) is 1.98. The molecule has 21 heavy (non-hydrogen) atoms. The second-order valence-corrected chi connectivity index (χ2v) is 4.75. The minimum Gasteiger partial charge on any atom is -0.465 e. The monoisotopic (exact) mass is 300 g/mol. The maximum atomic E-state index is 14.2. The molecule has 1 aromatic rings. The molecular weight excluding hydrogens is 282 g/mol. The van der Waals surface area contributed by atoms with Gasteiger partial charge in [-0.15, -0.1) is 0 Å². The lowest BCUT2D eigenvalue weighted by molar-refractivity contribution is 0.0418. The summed E-state index contributed by atoms with van der Waals surface area (Å²) in [5, 5.41) is 2.99. The Bertz CT molecular complexity index is 523. The number of ether oxygens (including phenoxy) is 2. The van der Waals surface area contributed by atoms with Crippen LogP contribution < -0.4 is 10.2 Å². The van der Waals surface area contributed by atoms with E-state index >= 15 is 0 Å². The lowest BCUT2D eigenvalue weighted by atomic mass is 10.1. The van der Waals surface area contributed by atoms with E-state index in [1.807, 2.05) is 0 Å². The van der Waals surface area contributed by atoms with Gasteiger partial charge in [0.25, 0.3) is 0 Å². The minimum atomic E-state index is -1.18. The average Bonchev–Trinajstić information content (AvgIpc) is 2.50. The third kappa shape index (κ3) is 3.30. The van der Waals surface area contributed by atoms with Crippen LogP contribution in [0, 0.1) is 11.6 Å². The fourth-order valence-electron chi connectivity index (χ4n) is 2.34. The van der Waals surface area contributed by atoms with Crippen molar-refractivity contribution in [3.8, 4) is 0 Å². The molecule has 1 aliphatic heterocycles. The van der Waals surface area contributed by atoms with Gasteiger partial charge in [-0.3, -0.25) is 0 Å². The SMILES string of the molecule is CNCC1CN(c2ccc(C(=O)OC)c(F)c2F)CCO1. The Hall–Kier alpha value is -1.73. The molecule has 116 valence electrons. The summed E-state index contributed by atoms with van der Waals surface area (Å²) in [7, 11) is 2.92. The van der Waals surface area contributed by atoms with Gasteiger partial charge in [0.1, 0.15) is 0 Å². The Morgan fingerprint density at radius 2 is 2.24 bits per heavy atom. The molecule has 1 fully saturated rings. The molecule has 2 rings (SSSR count). The number of benzene rings is 1. The highest BCUT2D eigenvalue weighted by Gasteiger charge is 2.26. The number of methoxy groups -OCH3 is 1. The van der Waals surface area contributed by atoms with Crippen LogP contribution in [0.1, 0.15) is 10.4 Å². The van der Waals surface area contributed by atoms with Crippen LogP contribution in [-0.2, 0) is 9.47 Å². The van der Waals surface area contributed by atoms with Gasteiger partial charge in [-0.2, -0.15) is 0 Å². The van der Waals surface area contributed by atoms with Gasteiger partial charge in [-0.25, -0.2) is 13.6 Å². The molecule has 1 N–H and O–H groups in total. The fourth-order valence-corrected chi connectivity index (χ4v) is 2.34. The predicted octanol–water partition coefficient (Wildman–Crippen LogP) is 1.18. The molecule has 0 aliphatic carbocycles. The number of halogens is 2. The number of esters is 1. The highest BCUT2D eigenvalue weighted by atomic mass is 19.2. The van der Waals surface area contributed by atoms with Gasteiger partial charge in [0, 0.05) is 19.6 Å². The largest absolute Gasteiger partial charge is 0.465 e. The van der Waals surface area contributed by atoms with Crippen LogP contribution in [0.4, 0.5) is 14.5 Å². The number of nitrogens with one attached hydrogen (secondary N) is 1. The van der Waals surface area contributed by atoms with Gasteiger partial charge in [-0.1, -0.05) is 0 Å². The third-order valence-corrected chi connectivity index (χ3v) is 3.38. The van der Waals surface area contributed by atoms with Crippen molar-refractivity contribution in [3.05, 3.63) is 29.3 Å². The van der Waals surface area contributed by atoms with E-state index < -0.39 is 23.2 Å². The number of nitrogens with zero attached hydrogens (tertiary/aromatic N) is 1. The normalized spacial score (nSPS) is 18.7. The number of hydrogen-bond donors (Lipinski definition) is 1. The Kier molecular flexibility index (Phi) is 5.08. The van der Waals surface area contributed by atoms with Crippen LogP contribution in [-0.4, -0.2) is 52.5 Å². The lowest BCUT2D eigenvalue weighted by Gasteiger charge is -2.34. The van der Waals surface area contributed by atoms with Gasteiger partial charge < -0.3 is 19.7 Å². The molecule has 7 heteroatoms. The van der Waals surface area contributed by atoms with Gasteiger partial charge in [0.15, 0.2) is 11.6 Å². The maximum Gasteiger partial charge on any atom is 0.340 e. The van der Waals surface area contributed by atoms with E-state index in [1.165, 1.54) is 12.1 Å². The zero-order chi connectivity index (χ0) is 15.4. The van der Waals surface area contributed by atoms with Gasteiger partial charge in [-0.05, 0) is 19.2 Å². The first kappa shape index (κ1) is 15.7. The average molecular weight is 300 g/mol. The molecule has 1 saturated heterocycles. The van der Waals surface area contributed by atoms with Crippen LogP contribution in [0.5, 0.6) is 0 Å². The van der Waals surface area contributed by atoms with E-state index in [0.29, 0.717) is 26.2 Å². The Labute approximate surface area is 121 Å². The quantitative estimate of drug-likeness (QED) is 0.846. The van der Waals surface area contributed by atoms with Gasteiger partial charge >= 0.3 is 5.97 Å². The van der Waals surface area contributed by atoms with Crippen molar-refractivity contribution in [2.75, 3.05) is 45.3 Å². The van der Waals surface area contributed by atoms with E-state index in [2.05, 4.69) is 10.1 Å². The number of rotatable bonds is 4. The first-order valence-electron chi connectivity index (χ1n) is 6.66. The highest BCUT2D eigenvalue weighted by Crippen LogP contribution is 2.26. The van der Waals surface area contributed by atoms with E-state index in [4.69, 9.17) is 4.74 Å². The molecule has 5 nitrogen and oxygen atoms in total. The Morgan fingerprint density at radius 3 is 2.90 bits per heavy atom. The number of hydrogen-bond acceptors (Lipinski definition) is 5. The topological polar surface area (TPSA) is 50.8 Å². The maximum absolute atomic E-state index is 14.2. The first-order valence-corrected chi connectivity index (χ1v) is 6.66. The van der Waals surface area contributed by atoms with Crippen LogP contribution in [0.3, 0.4) is 0 Å². The molecule has 1 aliphatic rings. The summed E-state index contributed by atoms with van der Waals surface area (Å²) in [5.74, 6) is -3.12. The predicted molar refractivity (Wildman–Crippen MR) is 73.6 cm³/mol. The zero-order valence-electron chi connectivity index (χ0n) is 12.0. The van der Waals surface area contributed by atoms with E-state index in [-0.39, 0.29) is 11.8 Å². The van der Waals surface area contributed by atoms with Crippen LogP contribution in [0.15, 0.2) is 12.1 Å². The van der Waals surface area contributed by atoms with E-state index in [1.54, 1.807) is 11.9 Å². The smallest absolute Gasteiger partial charge is 0.340 e. The van der Waals surface area contributed by atoms with E-state index in [9.17, 15) is 13.6 Å². The van der Waals surface area contributed by atoms with Crippen molar-refractivity contribution in [1.82, 2.24) is 5.32 Å². The molecule has 0 bridgehead atoms. The molecular formula is C14H18F2N2O3. The van der Waals surface area contributed by atoms with E-state index in [0.717, 1.165) is 7.11 Å². The summed E-state index contributed by atoms with van der Waals surface area (Å²) in [6.07, 6.45) is -0.0912. The summed E-state index contributed by atoms with van der Waals surface area (Å²) < 4.78 is 38.1. The second kappa shape index (κ2) is 6.82. The molecule has 0 radical (unpaired) electrons. The fraction of sp³-hybridized carbons (Fsp3) is 0.500. The Morgan fingerprint density at radius 1 is 1.48 bits per heavy atom. The molecule has 1 heterocycles. The molecule has 0 saturated carbocycles. The third-order valence-electron chi connectivity index (χ3n) is 3.38. The number of carbonyl (C=O) groups excluding carboxylic acids is 1. The van der Waals surface area contributed by atoms with Crippen molar-refractivity contribution in [3.63, 3.8) is 0 Å². The zero-order valence-corrected chi connectivity index (χ0v) is 12.0. The van der Waals surface area contributed by atoms with Crippen molar-refractivity contribution in [2.45, 2.75) is 6.10 Å². The first-order chi connectivity index (χ1) is 10.1. The van der Waals surface area contributed by atoms with Crippen molar-refractivity contribution >= 4 is 11.7 Å². The number of morpholine rings is 1. The number of carbonyl (C=O) groups is 1. The molecule has 1 aromatic carbocycles. The minimum absolute atomic E-state index is 0.0912.